The topological polar surface area (TPSA) is 60.7 Å². The molecule has 1 aliphatic carbocycles. The summed E-state index contributed by atoms with van der Waals surface area (Å²) in [6.07, 6.45) is 4.76. The van der Waals surface area contributed by atoms with Crippen LogP contribution in [0.3, 0.4) is 0 Å². The van der Waals surface area contributed by atoms with E-state index in [1.807, 2.05) is 0 Å². The van der Waals surface area contributed by atoms with Crippen molar-refractivity contribution in [1.82, 2.24) is 19.1 Å². The fourth-order valence-corrected chi connectivity index (χ4v) is 4.42. The van der Waals surface area contributed by atoms with Crippen LogP contribution in [-0.2, 0) is 19.4 Å². The van der Waals surface area contributed by atoms with E-state index in [0.29, 0.717) is 16.6 Å². The minimum Gasteiger partial charge on any atom is -0.292 e. The van der Waals surface area contributed by atoms with Crippen LogP contribution in [0.4, 0.5) is 0 Å². The maximum absolute atomic E-state index is 12.6. The van der Waals surface area contributed by atoms with Crippen molar-refractivity contribution in [2.24, 2.45) is 0 Å². The number of aromatic nitrogens is 4. The van der Waals surface area contributed by atoms with E-state index >= 15 is 0 Å². The third kappa shape index (κ3) is 1.81. The normalized spacial score (nSPS) is 14.1. The zero-order chi connectivity index (χ0) is 13.7. The van der Waals surface area contributed by atoms with Crippen molar-refractivity contribution < 1.29 is 0 Å². The molecule has 0 radical (unpaired) electrons. The molecule has 3 aromatic rings. The van der Waals surface area contributed by atoms with Gasteiger partial charge in [-0.2, -0.15) is 0 Å². The molecule has 3 aromatic heterocycles. The van der Waals surface area contributed by atoms with E-state index in [0.717, 1.165) is 41.0 Å². The number of halogens is 1. The molecule has 5 nitrogen and oxygen atoms in total. The van der Waals surface area contributed by atoms with E-state index in [1.54, 1.807) is 22.2 Å². The van der Waals surface area contributed by atoms with Gasteiger partial charge in [-0.25, -0.2) is 4.98 Å². The Labute approximate surface area is 127 Å². The van der Waals surface area contributed by atoms with Crippen LogP contribution in [0.2, 0.25) is 4.34 Å². The Morgan fingerprint density at radius 3 is 3.10 bits per heavy atom. The molecule has 3 heterocycles. The molecule has 0 N–H and O–H groups in total. The Kier molecular flexibility index (Phi) is 2.87. The first-order valence-electron chi connectivity index (χ1n) is 6.20. The molecule has 0 spiro atoms. The highest BCUT2D eigenvalue weighted by atomic mass is 35.5. The summed E-state index contributed by atoms with van der Waals surface area (Å²) in [5, 5.41) is 4.73. The summed E-state index contributed by atoms with van der Waals surface area (Å²) in [5.74, 6) is 0. The molecule has 0 aliphatic heterocycles. The minimum absolute atomic E-state index is 0.00142. The van der Waals surface area contributed by atoms with Crippen molar-refractivity contribution in [2.45, 2.75) is 25.8 Å². The van der Waals surface area contributed by atoms with E-state index in [2.05, 4.69) is 14.6 Å². The van der Waals surface area contributed by atoms with E-state index in [4.69, 9.17) is 11.6 Å². The number of rotatable bonds is 2. The van der Waals surface area contributed by atoms with Gasteiger partial charge in [0.2, 0.25) is 0 Å². The lowest BCUT2D eigenvalue weighted by Crippen LogP contribution is -2.21. The Balaban J connectivity index is 1.87. The second-order valence-corrected chi connectivity index (χ2v) is 7.15. The molecule has 0 unspecified atom stereocenters. The molecular weight excluding hydrogens is 316 g/mol. The molecule has 0 saturated carbocycles. The van der Waals surface area contributed by atoms with Crippen LogP contribution in [0.25, 0.3) is 10.2 Å². The Bertz CT molecular complexity index is 866. The number of hydrogen-bond acceptors (Lipinski definition) is 6. The monoisotopic (exact) mass is 324 g/mol. The van der Waals surface area contributed by atoms with Crippen LogP contribution < -0.4 is 5.56 Å². The molecule has 20 heavy (non-hydrogen) atoms. The fourth-order valence-electron chi connectivity index (χ4n) is 2.58. The van der Waals surface area contributed by atoms with E-state index in [1.165, 1.54) is 10.4 Å². The van der Waals surface area contributed by atoms with Gasteiger partial charge in [-0.05, 0) is 24.8 Å². The number of nitrogens with zero attached hydrogens (tertiary/aromatic N) is 4. The van der Waals surface area contributed by atoms with Gasteiger partial charge in [-0.15, -0.1) is 16.4 Å². The summed E-state index contributed by atoms with van der Waals surface area (Å²) in [6, 6.07) is 0. The molecule has 4 rings (SSSR count). The summed E-state index contributed by atoms with van der Waals surface area (Å²) in [6.45, 7) is 0.321. The van der Waals surface area contributed by atoms with Crippen LogP contribution in [-0.4, -0.2) is 19.1 Å². The van der Waals surface area contributed by atoms with E-state index in [-0.39, 0.29) is 5.56 Å². The third-order valence-corrected chi connectivity index (χ3v) is 5.71. The number of hydrogen-bond donors (Lipinski definition) is 0. The van der Waals surface area contributed by atoms with E-state index < -0.39 is 0 Å². The fraction of sp³-hybridized carbons (Fsp3) is 0.333. The van der Waals surface area contributed by atoms with Gasteiger partial charge < -0.3 is 0 Å². The quantitative estimate of drug-likeness (QED) is 0.726. The highest BCUT2D eigenvalue weighted by Gasteiger charge is 2.21. The van der Waals surface area contributed by atoms with Gasteiger partial charge >= 0.3 is 0 Å². The lowest BCUT2D eigenvalue weighted by Gasteiger charge is -2.03. The molecule has 0 atom stereocenters. The van der Waals surface area contributed by atoms with Gasteiger partial charge in [-0.1, -0.05) is 16.1 Å². The Morgan fingerprint density at radius 1 is 1.40 bits per heavy atom. The van der Waals surface area contributed by atoms with Crippen molar-refractivity contribution in [1.29, 1.82) is 0 Å². The summed E-state index contributed by atoms with van der Waals surface area (Å²) in [5.41, 5.74) is 1.81. The number of aryl methyl sites for hydroxylation is 2. The summed E-state index contributed by atoms with van der Waals surface area (Å²) in [4.78, 5) is 19.2. The Hall–Kier alpha value is -1.31. The smallest absolute Gasteiger partial charge is 0.262 e. The average molecular weight is 325 g/mol. The van der Waals surface area contributed by atoms with Gasteiger partial charge in [0.05, 0.1) is 18.3 Å². The largest absolute Gasteiger partial charge is 0.292 e. The van der Waals surface area contributed by atoms with Crippen molar-refractivity contribution in [3.8, 4) is 0 Å². The van der Waals surface area contributed by atoms with Crippen molar-refractivity contribution >= 4 is 44.7 Å². The molecule has 8 heteroatoms. The summed E-state index contributed by atoms with van der Waals surface area (Å²) < 4.78 is 5.87. The standard InChI is InChI=1S/C12H9ClN4OS2/c13-10-7(15-16-20-10)4-17-5-14-11-9(12(17)18)6-2-1-3-8(6)19-11/h5H,1-4H2. The van der Waals surface area contributed by atoms with Crippen LogP contribution in [0.5, 0.6) is 0 Å². The second-order valence-electron chi connectivity index (χ2n) is 4.71. The molecule has 1 aliphatic rings. The Morgan fingerprint density at radius 2 is 2.30 bits per heavy atom. The van der Waals surface area contributed by atoms with Gasteiger partial charge in [0, 0.05) is 16.4 Å². The molecule has 0 fully saturated rings. The molecular formula is C12H9ClN4OS2. The number of fused-ring (bicyclic) bond motifs is 3. The molecule has 102 valence electrons. The van der Waals surface area contributed by atoms with Gasteiger partial charge in [-0.3, -0.25) is 9.36 Å². The predicted molar refractivity (Wildman–Crippen MR) is 79.9 cm³/mol. The van der Waals surface area contributed by atoms with Gasteiger partial charge in [0.1, 0.15) is 14.9 Å². The lowest BCUT2D eigenvalue weighted by molar-refractivity contribution is 0.726. The first-order chi connectivity index (χ1) is 9.74. The second kappa shape index (κ2) is 4.61. The number of thiophene rings is 1. The zero-order valence-electron chi connectivity index (χ0n) is 10.3. The summed E-state index contributed by atoms with van der Waals surface area (Å²) in [7, 11) is 0. The highest BCUT2D eigenvalue weighted by molar-refractivity contribution is 7.18. The van der Waals surface area contributed by atoms with E-state index in [9.17, 15) is 4.79 Å². The van der Waals surface area contributed by atoms with Crippen molar-refractivity contribution in [3.63, 3.8) is 0 Å². The van der Waals surface area contributed by atoms with Crippen molar-refractivity contribution in [3.05, 3.63) is 37.2 Å². The highest BCUT2D eigenvalue weighted by Crippen LogP contribution is 2.34. The predicted octanol–water partition coefficient (Wildman–Crippen LogP) is 2.50. The van der Waals surface area contributed by atoms with Crippen LogP contribution in [0.15, 0.2) is 11.1 Å². The maximum Gasteiger partial charge on any atom is 0.262 e. The molecule has 0 amide bonds. The minimum atomic E-state index is -0.00142. The molecule has 0 saturated heterocycles. The maximum atomic E-state index is 12.6. The third-order valence-electron chi connectivity index (χ3n) is 3.52. The molecule has 0 bridgehead atoms. The van der Waals surface area contributed by atoms with Crippen molar-refractivity contribution in [2.75, 3.05) is 0 Å². The zero-order valence-corrected chi connectivity index (χ0v) is 12.7. The first kappa shape index (κ1) is 12.4. The van der Waals surface area contributed by atoms with Crippen LogP contribution >= 0.6 is 34.5 Å². The summed E-state index contributed by atoms with van der Waals surface area (Å²) >= 11 is 8.76. The SMILES string of the molecule is O=c1c2c3c(sc2ncn1Cc1nnsc1Cl)CCC3. The van der Waals surface area contributed by atoms with Crippen LogP contribution in [0, 0.1) is 0 Å². The first-order valence-corrected chi connectivity index (χ1v) is 8.17. The molecule has 0 aromatic carbocycles. The average Bonchev–Trinajstić information content (AvgIpc) is 3.09. The van der Waals surface area contributed by atoms with Gasteiger partial charge in [0.15, 0.2) is 0 Å². The van der Waals surface area contributed by atoms with Crippen LogP contribution in [0.1, 0.15) is 22.6 Å². The lowest BCUT2D eigenvalue weighted by atomic mass is 10.2. The van der Waals surface area contributed by atoms with Gasteiger partial charge in [0.25, 0.3) is 5.56 Å².